The number of fused-ring (bicyclic) bond motifs is 2. The van der Waals surface area contributed by atoms with Crippen LogP contribution in [0.4, 0.5) is 5.82 Å². The Kier molecular flexibility index (Phi) is 4.10. The molecule has 0 aromatic carbocycles. The third-order valence-corrected chi connectivity index (χ3v) is 6.92. The minimum absolute atomic E-state index is 0.0401. The highest BCUT2D eigenvalue weighted by atomic mass is 32.1. The second kappa shape index (κ2) is 6.88. The molecule has 0 spiro atoms. The van der Waals surface area contributed by atoms with Crippen LogP contribution in [-0.2, 0) is 0 Å². The number of hydrogen-bond donors (Lipinski definition) is 3. The molecular weight excluding hydrogens is 414 g/mol. The van der Waals surface area contributed by atoms with Crippen LogP contribution >= 0.6 is 11.3 Å². The third-order valence-electron chi connectivity index (χ3n) is 5.99. The zero-order valence-corrected chi connectivity index (χ0v) is 17.2. The number of aliphatic hydroxyl groups excluding tert-OH is 2. The number of hydrogen-bond acceptors (Lipinski definition) is 8. The Balaban J connectivity index is 1.44. The number of nitrogen functional groups attached to an aromatic ring is 1. The number of furan rings is 1. The summed E-state index contributed by atoms with van der Waals surface area (Å²) >= 11 is 1.62. The molecular formula is C22H19N5O3S. The Bertz CT molecular complexity index is 1410. The van der Waals surface area contributed by atoms with E-state index in [0.717, 1.165) is 37.9 Å². The van der Waals surface area contributed by atoms with Gasteiger partial charge >= 0.3 is 0 Å². The first-order valence-corrected chi connectivity index (χ1v) is 10.9. The first-order valence-electron chi connectivity index (χ1n) is 9.99. The normalized spacial score (nSPS) is 21.4. The Morgan fingerprint density at radius 2 is 1.94 bits per heavy atom. The first kappa shape index (κ1) is 18.5. The maximum absolute atomic E-state index is 9.86. The molecule has 9 heteroatoms. The van der Waals surface area contributed by atoms with Gasteiger partial charge in [-0.25, -0.2) is 4.98 Å². The van der Waals surface area contributed by atoms with Crippen LogP contribution in [-0.4, -0.2) is 42.2 Å². The van der Waals surface area contributed by atoms with E-state index in [-0.39, 0.29) is 6.04 Å². The molecule has 8 nitrogen and oxygen atoms in total. The fourth-order valence-corrected chi connectivity index (χ4v) is 5.25. The van der Waals surface area contributed by atoms with Crippen LogP contribution < -0.4 is 5.73 Å². The summed E-state index contributed by atoms with van der Waals surface area (Å²) in [5, 5.41) is 28.2. The second-order valence-electron chi connectivity index (χ2n) is 7.90. The van der Waals surface area contributed by atoms with E-state index in [4.69, 9.17) is 10.2 Å². The van der Waals surface area contributed by atoms with Crippen molar-refractivity contribution in [2.75, 3.05) is 5.73 Å². The maximum Gasteiger partial charge on any atom is 0.177 e. The average molecular weight is 433 g/mol. The van der Waals surface area contributed by atoms with Crippen molar-refractivity contribution in [1.82, 2.24) is 19.7 Å². The van der Waals surface area contributed by atoms with E-state index in [2.05, 4.69) is 20.4 Å². The summed E-state index contributed by atoms with van der Waals surface area (Å²) in [6.07, 6.45) is 8.56. The van der Waals surface area contributed by atoms with Gasteiger partial charge in [-0.3, -0.25) is 9.67 Å². The van der Waals surface area contributed by atoms with Crippen LogP contribution in [0, 0.1) is 0 Å². The van der Waals surface area contributed by atoms with Gasteiger partial charge in [0, 0.05) is 57.6 Å². The highest BCUT2D eigenvalue weighted by Crippen LogP contribution is 2.40. The monoisotopic (exact) mass is 433 g/mol. The molecule has 5 aromatic heterocycles. The molecule has 5 heterocycles. The van der Waals surface area contributed by atoms with Crippen LogP contribution in [0.2, 0.25) is 0 Å². The molecule has 0 amide bonds. The summed E-state index contributed by atoms with van der Waals surface area (Å²) in [6, 6.07) is 3.93. The molecule has 156 valence electrons. The van der Waals surface area contributed by atoms with Gasteiger partial charge in [-0.2, -0.15) is 5.10 Å². The van der Waals surface area contributed by atoms with Gasteiger partial charge in [0.25, 0.3) is 0 Å². The van der Waals surface area contributed by atoms with E-state index in [1.54, 1.807) is 34.6 Å². The minimum Gasteiger partial charge on any atom is -0.452 e. The Hall–Kier alpha value is -3.27. The number of rotatable bonds is 3. The number of anilines is 1. The smallest absolute Gasteiger partial charge is 0.177 e. The van der Waals surface area contributed by atoms with E-state index in [0.29, 0.717) is 24.2 Å². The SMILES string of the molecule is Nc1ncc(-c2cnn(C3C[C@@H](O)[C@@H](O)C3)c2)c2cc(-c3csc4cnccc34)oc12. The summed E-state index contributed by atoms with van der Waals surface area (Å²) < 4.78 is 9.05. The predicted octanol–water partition coefficient (Wildman–Crippen LogP) is 3.61. The number of aliphatic hydroxyl groups is 2. The number of nitrogens with zero attached hydrogens (tertiary/aromatic N) is 4. The van der Waals surface area contributed by atoms with E-state index in [9.17, 15) is 10.2 Å². The van der Waals surface area contributed by atoms with Crippen LogP contribution in [0.25, 0.3) is 43.5 Å². The zero-order chi connectivity index (χ0) is 21.1. The van der Waals surface area contributed by atoms with Crippen molar-refractivity contribution in [2.45, 2.75) is 31.1 Å². The van der Waals surface area contributed by atoms with Gasteiger partial charge in [-0.15, -0.1) is 11.3 Å². The van der Waals surface area contributed by atoms with Crippen LogP contribution in [0.5, 0.6) is 0 Å². The van der Waals surface area contributed by atoms with E-state index >= 15 is 0 Å². The first-order chi connectivity index (χ1) is 15.1. The molecule has 1 aliphatic rings. The lowest BCUT2D eigenvalue weighted by molar-refractivity contribution is 0.0438. The summed E-state index contributed by atoms with van der Waals surface area (Å²) in [4.78, 5) is 8.52. The molecule has 1 saturated carbocycles. The molecule has 31 heavy (non-hydrogen) atoms. The minimum atomic E-state index is -0.713. The van der Waals surface area contributed by atoms with Gasteiger partial charge in [-0.05, 0) is 25.0 Å². The van der Waals surface area contributed by atoms with Gasteiger partial charge < -0.3 is 20.4 Å². The predicted molar refractivity (Wildman–Crippen MR) is 119 cm³/mol. The van der Waals surface area contributed by atoms with Crippen molar-refractivity contribution in [2.24, 2.45) is 0 Å². The number of pyridine rings is 2. The number of aromatic nitrogens is 4. The van der Waals surface area contributed by atoms with Crippen molar-refractivity contribution in [1.29, 1.82) is 0 Å². The van der Waals surface area contributed by atoms with Gasteiger partial charge in [0.1, 0.15) is 5.76 Å². The molecule has 1 aliphatic carbocycles. The van der Waals surface area contributed by atoms with Gasteiger partial charge in [0.05, 0.1) is 29.1 Å². The molecule has 1 fully saturated rings. The molecule has 0 bridgehead atoms. The van der Waals surface area contributed by atoms with Crippen molar-refractivity contribution >= 4 is 38.2 Å². The lowest BCUT2D eigenvalue weighted by Gasteiger charge is -2.09. The lowest BCUT2D eigenvalue weighted by Crippen LogP contribution is -2.17. The van der Waals surface area contributed by atoms with Crippen molar-refractivity contribution in [3.8, 4) is 22.5 Å². The summed E-state index contributed by atoms with van der Waals surface area (Å²) in [5.41, 5.74) is 9.41. The van der Waals surface area contributed by atoms with Crippen molar-refractivity contribution in [3.63, 3.8) is 0 Å². The standard InChI is InChI=1S/C22H19N5O3S/c23-22-21-14(5-19(30-21)16-10-31-20-8-24-2-1-13(16)20)15(7-25-22)11-6-26-27(9-11)12-3-17(28)18(29)4-12/h1-2,5-10,12,17-18,28-29H,3-4H2,(H2,23,25)/t12?,17-,18+. The fourth-order valence-electron chi connectivity index (χ4n) is 4.34. The second-order valence-corrected chi connectivity index (χ2v) is 8.81. The summed E-state index contributed by atoms with van der Waals surface area (Å²) in [7, 11) is 0. The van der Waals surface area contributed by atoms with E-state index in [1.165, 1.54) is 0 Å². The third kappa shape index (κ3) is 2.93. The quantitative estimate of drug-likeness (QED) is 0.397. The van der Waals surface area contributed by atoms with Crippen LogP contribution in [0.1, 0.15) is 18.9 Å². The van der Waals surface area contributed by atoms with Crippen molar-refractivity contribution in [3.05, 3.63) is 48.5 Å². The lowest BCUT2D eigenvalue weighted by atomic mass is 10.1. The Labute approximate surface area is 180 Å². The molecule has 4 N–H and O–H groups in total. The van der Waals surface area contributed by atoms with Gasteiger partial charge in [0.2, 0.25) is 0 Å². The fraction of sp³-hybridized carbons (Fsp3) is 0.227. The maximum atomic E-state index is 9.86. The highest BCUT2D eigenvalue weighted by Gasteiger charge is 2.33. The number of nitrogens with two attached hydrogens (primary N) is 1. The van der Waals surface area contributed by atoms with Crippen molar-refractivity contribution < 1.29 is 14.6 Å². The molecule has 5 aromatic rings. The van der Waals surface area contributed by atoms with Gasteiger partial charge in [-0.1, -0.05) is 0 Å². The average Bonchev–Trinajstić information content (AvgIpc) is 3.54. The van der Waals surface area contributed by atoms with Gasteiger partial charge in [0.15, 0.2) is 11.4 Å². The van der Waals surface area contributed by atoms with Crippen LogP contribution in [0.15, 0.2) is 52.9 Å². The Morgan fingerprint density at radius 1 is 1.10 bits per heavy atom. The summed E-state index contributed by atoms with van der Waals surface area (Å²) in [5.74, 6) is 1.06. The molecule has 3 atom stereocenters. The van der Waals surface area contributed by atoms with E-state index < -0.39 is 12.2 Å². The molecule has 0 saturated heterocycles. The molecule has 0 radical (unpaired) electrons. The Morgan fingerprint density at radius 3 is 2.77 bits per heavy atom. The van der Waals surface area contributed by atoms with E-state index in [1.807, 2.05) is 24.5 Å². The highest BCUT2D eigenvalue weighted by molar-refractivity contribution is 7.17. The molecule has 1 unspecified atom stereocenters. The molecule has 0 aliphatic heterocycles. The van der Waals surface area contributed by atoms with Crippen LogP contribution in [0.3, 0.4) is 0 Å². The topological polar surface area (TPSA) is 123 Å². The number of thiophene rings is 1. The summed E-state index contributed by atoms with van der Waals surface area (Å²) in [6.45, 7) is 0. The molecule has 6 rings (SSSR count). The largest absolute Gasteiger partial charge is 0.452 e. The zero-order valence-electron chi connectivity index (χ0n) is 16.3.